The number of hydrogen-bond acceptors (Lipinski definition) is 5. The maximum absolute atomic E-state index is 12.5. The van der Waals surface area contributed by atoms with E-state index in [0.29, 0.717) is 25.3 Å². The summed E-state index contributed by atoms with van der Waals surface area (Å²) in [7, 11) is -3.64. The largest absolute Gasteiger partial charge is 0.377 e. The summed E-state index contributed by atoms with van der Waals surface area (Å²) < 4.78 is 32.9. The molecule has 0 unspecified atom stereocenters. The van der Waals surface area contributed by atoms with E-state index in [4.69, 9.17) is 4.74 Å². The number of amides is 1. The molecule has 132 valence electrons. The first-order chi connectivity index (χ1) is 11.6. The topological polar surface area (TPSA) is 75.7 Å². The first kappa shape index (κ1) is 17.7. The van der Waals surface area contributed by atoms with Crippen LogP contribution in [0.4, 0.5) is 0 Å². The monoisotopic (exact) mass is 370 g/mol. The first-order valence-corrected chi connectivity index (χ1v) is 10.8. The van der Waals surface area contributed by atoms with Crippen molar-refractivity contribution in [3.05, 3.63) is 29.8 Å². The van der Waals surface area contributed by atoms with Crippen molar-refractivity contribution < 1.29 is 17.9 Å². The summed E-state index contributed by atoms with van der Waals surface area (Å²) in [5.74, 6) is 1.74. The molecule has 2 aliphatic rings. The number of benzene rings is 1. The predicted octanol–water partition coefficient (Wildman–Crippen LogP) is 1.33. The van der Waals surface area contributed by atoms with Gasteiger partial charge in [-0.15, -0.1) is 0 Å². The lowest BCUT2D eigenvalue weighted by molar-refractivity contribution is 0.0772. The molecule has 1 N–H and O–H groups in total. The number of nitrogens with one attached hydrogen (secondary N) is 1. The van der Waals surface area contributed by atoms with E-state index < -0.39 is 10.0 Å². The second-order valence-electron chi connectivity index (χ2n) is 5.92. The van der Waals surface area contributed by atoms with Crippen LogP contribution in [0.25, 0.3) is 0 Å². The van der Waals surface area contributed by atoms with Crippen LogP contribution >= 0.6 is 11.8 Å². The summed E-state index contributed by atoms with van der Waals surface area (Å²) in [6.45, 7) is 2.36. The number of ether oxygens (including phenoxy) is 1. The Labute approximate surface area is 147 Å². The lowest BCUT2D eigenvalue weighted by Gasteiger charge is -2.26. The van der Waals surface area contributed by atoms with Gasteiger partial charge in [-0.1, -0.05) is 6.07 Å². The van der Waals surface area contributed by atoms with Crippen LogP contribution in [-0.4, -0.2) is 63.1 Å². The number of hydrogen-bond donors (Lipinski definition) is 1. The molecule has 2 aliphatic heterocycles. The summed E-state index contributed by atoms with van der Waals surface area (Å²) in [5.41, 5.74) is 0.418. The number of rotatable bonds is 5. The van der Waals surface area contributed by atoms with E-state index in [2.05, 4.69) is 4.72 Å². The zero-order valence-corrected chi connectivity index (χ0v) is 15.1. The predicted molar refractivity (Wildman–Crippen MR) is 93.8 cm³/mol. The molecular weight excluding hydrogens is 348 g/mol. The van der Waals surface area contributed by atoms with Crippen molar-refractivity contribution in [1.82, 2.24) is 9.62 Å². The van der Waals surface area contributed by atoms with Gasteiger partial charge < -0.3 is 9.64 Å². The Balaban J connectivity index is 1.70. The quantitative estimate of drug-likeness (QED) is 0.846. The standard InChI is InChI=1S/C16H22N2O4S2/c19-16(18-6-9-23-10-7-18)13-3-1-5-15(11-13)24(20,21)17-12-14-4-2-8-22-14/h1,3,5,11,14,17H,2,4,6-10,12H2/t14-/m0/s1. The molecule has 3 rings (SSSR count). The molecule has 1 aromatic rings. The average molecular weight is 370 g/mol. The number of thioether (sulfide) groups is 1. The van der Waals surface area contributed by atoms with Gasteiger partial charge in [0, 0.05) is 43.3 Å². The highest BCUT2D eigenvalue weighted by Crippen LogP contribution is 2.17. The molecule has 0 aliphatic carbocycles. The second kappa shape index (κ2) is 7.86. The Hall–Kier alpha value is -1.09. The Morgan fingerprint density at radius 1 is 1.33 bits per heavy atom. The molecule has 2 fully saturated rings. The molecule has 6 nitrogen and oxygen atoms in total. The van der Waals surface area contributed by atoms with Crippen molar-refractivity contribution in [1.29, 1.82) is 0 Å². The number of carbonyl (C=O) groups is 1. The van der Waals surface area contributed by atoms with Crippen molar-refractivity contribution in [3.8, 4) is 0 Å². The lowest BCUT2D eigenvalue weighted by Crippen LogP contribution is -2.38. The van der Waals surface area contributed by atoms with Gasteiger partial charge in [0.2, 0.25) is 10.0 Å². The Morgan fingerprint density at radius 2 is 2.12 bits per heavy atom. The highest BCUT2D eigenvalue weighted by Gasteiger charge is 2.23. The van der Waals surface area contributed by atoms with Gasteiger partial charge in [-0.05, 0) is 31.0 Å². The van der Waals surface area contributed by atoms with Gasteiger partial charge in [0.15, 0.2) is 0 Å². The molecule has 0 radical (unpaired) electrons. The van der Waals surface area contributed by atoms with Crippen LogP contribution in [0, 0.1) is 0 Å². The Bertz CT molecular complexity index is 681. The fourth-order valence-electron chi connectivity index (χ4n) is 2.84. The third-order valence-electron chi connectivity index (χ3n) is 4.21. The Kier molecular flexibility index (Phi) is 5.80. The van der Waals surface area contributed by atoms with Crippen molar-refractivity contribution >= 4 is 27.7 Å². The van der Waals surface area contributed by atoms with Crippen molar-refractivity contribution in [2.24, 2.45) is 0 Å². The molecule has 2 heterocycles. The van der Waals surface area contributed by atoms with Crippen molar-refractivity contribution in [2.75, 3.05) is 37.7 Å². The van der Waals surface area contributed by atoms with Gasteiger partial charge in [-0.2, -0.15) is 11.8 Å². The van der Waals surface area contributed by atoms with Gasteiger partial charge in [-0.25, -0.2) is 13.1 Å². The summed E-state index contributed by atoms with van der Waals surface area (Å²) in [5, 5.41) is 0. The minimum absolute atomic E-state index is 0.0598. The molecular formula is C16H22N2O4S2. The van der Waals surface area contributed by atoms with Crippen molar-refractivity contribution in [2.45, 2.75) is 23.8 Å². The molecule has 1 aromatic carbocycles. The highest BCUT2D eigenvalue weighted by molar-refractivity contribution is 7.99. The minimum atomic E-state index is -3.64. The molecule has 24 heavy (non-hydrogen) atoms. The number of nitrogens with zero attached hydrogens (tertiary/aromatic N) is 1. The summed E-state index contributed by atoms with van der Waals surface area (Å²) in [6, 6.07) is 6.26. The Morgan fingerprint density at radius 3 is 2.83 bits per heavy atom. The zero-order valence-electron chi connectivity index (χ0n) is 13.4. The molecule has 1 amide bonds. The van der Waals surface area contributed by atoms with E-state index in [9.17, 15) is 13.2 Å². The van der Waals surface area contributed by atoms with Gasteiger partial charge in [0.05, 0.1) is 11.0 Å². The number of carbonyl (C=O) groups excluding carboxylic acids is 1. The molecule has 8 heteroatoms. The average Bonchev–Trinajstić information content (AvgIpc) is 3.14. The summed E-state index contributed by atoms with van der Waals surface area (Å²) in [6.07, 6.45) is 1.77. The maximum atomic E-state index is 12.5. The van der Waals surface area contributed by atoms with Crippen LogP contribution in [-0.2, 0) is 14.8 Å². The van der Waals surface area contributed by atoms with Crippen LogP contribution in [0.1, 0.15) is 23.2 Å². The van der Waals surface area contributed by atoms with Crippen molar-refractivity contribution in [3.63, 3.8) is 0 Å². The summed E-state index contributed by atoms with van der Waals surface area (Å²) in [4.78, 5) is 14.4. The van der Waals surface area contributed by atoms with E-state index in [1.54, 1.807) is 17.0 Å². The van der Waals surface area contributed by atoms with Crippen LogP contribution in [0.5, 0.6) is 0 Å². The molecule has 2 saturated heterocycles. The van der Waals surface area contributed by atoms with Crippen LogP contribution in [0.15, 0.2) is 29.2 Å². The third-order valence-corrected chi connectivity index (χ3v) is 6.58. The van der Waals surface area contributed by atoms with E-state index in [-0.39, 0.29) is 23.5 Å². The van der Waals surface area contributed by atoms with Crippen LogP contribution in [0.2, 0.25) is 0 Å². The minimum Gasteiger partial charge on any atom is -0.377 e. The smallest absolute Gasteiger partial charge is 0.253 e. The van der Waals surface area contributed by atoms with E-state index in [0.717, 1.165) is 24.3 Å². The SMILES string of the molecule is O=C(c1cccc(S(=O)(=O)NC[C@@H]2CCCO2)c1)N1CCSCC1. The fourth-order valence-corrected chi connectivity index (χ4v) is 4.85. The van der Waals surface area contributed by atoms with Gasteiger partial charge >= 0.3 is 0 Å². The highest BCUT2D eigenvalue weighted by atomic mass is 32.2. The molecule has 0 spiro atoms. The second-order valence-corrected chi connectivity index (χ2v) is 8.91. The normalized spacial score (nSPS) is 21.8. The molecule has 0 saturated carbocycles. The van der Waals surface area contributed by atoms with Crippen LogP contribution < -0.4 is 4.72 Å². The lowest BCUT2D eigenvalue weighted by atomic mass is 10.2. The van der Waals surface area contributed by atoms with E-state index in [1.807, 2.05) is 11.8 Å². The van der Waals surface area contributed by atoms with Gasteiger partial charge in [0.25, 0.3) is 5.91 Å². The molecule has 0 aromatic heterocycles. The molecule has 0 bridgehead atoms. The fraction of sp³-hybridized carbons (Fsp3) is 0.562. The van der Waals surface area contributed by atoms with E-state index in [1.165, 1.54) is 12.1 Å². The van der Waals surface area contributed by atoms with Crippen LogP contribution in [0.3, 0.4) is 0 Å². The first-order valence-electron chi connectivity index (χ1n) is 8.14. The van der Waals surface area contributed by atoms with E-state index >= 15 is 0 Å². The van der Waals surface area contributed by atoms with Gasteiger partial charge in [0.1, 0.15) is 0 Å². The van der Waals surface area contributed by atoms with Gasteiger partial charge in [-0.3, -0.25) is 4.79 Å². The third kappa shape index (κ3) is 4.30. The molecule has 1 atom stereocenters. The maximum Gasteiger partial charge on any atom is 0.253 e. The summed E-state index contributed by atoms with van der Waals surface area (Å²) >= 11 is 1.83. The number of sulfonamides is 1. The zero-order chi connectivity index (χ0) is 17.0.